The van der Waals surface area contributed by atoms with Crippen molar-refractivity contribution in [3.8, 4) is 28.6 Å². The molecule has 0 radical (unpaired) electrons. The van der Waals surface area contributed by atoms with E-state index in [-0.39, 0.29) is 17.3 Å². The normalized spacial score (nSPS) is 11.3. The molecule has 5 aromatic rings. The van der Waals surface area contributed by atoms with Gasteiger partial charge in [0.15, 0.2) is 0 Å². The van der Waals surface area contributed by atoms with E-state index in [0.29, 0.717) is 33.8 Å². The molecule has 1 N–H and O–H groups in total. The fourth-order valence-electron chi connectivity index (χ4n) is 4.00. The molecule has 0 aliphatic carbocycles. The van der Waals surface area contributed by atoms with Crippen LogP contribution < -0.4 is 20.5 Å². The monoisotopic (exact) mass is 532 g/mol. The van der Waals surface area contributed by atoms with Gasteiger partial charge in [0.25, 0.3) is 0 Å². The maximum atomic E-state index is 13.7. The Labute approximate surface area is 219 Å². The molecule has 0 atom stereocenters. The van der Waals surface area contributed by atoms with Gasteiger partial charge in [-0.2, -0.15) is 0 Å². The van der Waals surface area contributed by atoms with Crippen LogP contribution in [0.25, 0.3) is 22.4 Å². The molecule has 0 unspecified atom stereocenters. The summed E-state index contributed by atoms with van der Waals surface area (Å²) in [6.45, 7) is 3.44. The first-order chi connectivity index (χ1) is 18.7. The number of aromatic nitrogens is 3. The van der Waals surface area contributed by atoms with Gasteiger partial charge in [-0.25, -0.2) is 4.79 Å². The Morgan fingerprint density at radius 3 is 2.33 bits per heavy atom. The van der Waals surface area contributed by atoms with Gasteiger partial charge in [0.1, 0.15) is 17.2 Å². The van der Waals surface area contributed by atoms with Crippen LogP contribution in [0.1, 0.15) is 0 Å². The van der Waals surface area contributed by atoms with Crippen molar-refractivity contribution in [1.29, 1.82) is 0 Å². The van der Waals surface area contributed by atoms with Crippen molar-refractivity contribution in [3.05, 3.63) is 114 Å². The van der Waals surface area contributed by atoms with Crippen molar-refractivity contribution in [2.75, 3.05) is 5.32 Å². The fourth-order valence-corrected chi connectivity index (χ4v) is 4.00. The predicted octanol–water partition coefficient (Wildman–Crippen LogP) is 5.99. The number of halogens is 3. The molecule has 0 aliphatic rings. The highest BCUT2D eigenvalue weighted by Gasteiger charge is 2.31. The largest absolute Gasteiger partial charge is 0.573 e. The number of imidazole rings is 1. The van der Waals surface area contributed by atoms with Gasteiger partial charge in [-0.05, 0) is 66.7 Å². The zero-order valence-electron chi connectivity index (χ0n) is 20.1. The maximum absolute atomic E-state index is 13.7. The third-order valence-electron chi connectivity index (χ3n) is 5.57. The van der Waals surface area contributed by atoms with Crippen molar-refractivity contribution in [2.45, 2.75) is 6.36 Å². The first-order valence-corrected chi connectivity index (χ1v) is 11.5. The minimum atomic E-state index is -4.82. The summed E-state index contributed by atoms with van der Waals surface area (Å²) in [6.07, 6.45) is -0.536. The Morgan fingerprint density at radius 1 is 0.872 bits per heavy atom. The molecule has 0 bridgehead atoms. The summed E-state index contributed by atoms with van der Waals surface area (Å²) in [6, 6.07) is 20.1. The van der Waals surface area contributed by atoms with E-state index in [1.165, 1.54) is 27.3 Å². The summed E-state index contributed by atoms with van der Waals surface area (Å²) >= 11 is 0. The molecule has 5 rings (SSSR count). The number of ether oxygens (including phenoxy) is 2. The van der Waals surface area contributed by atoms with Crippen LogP contribution in [0.15, 0.2) is 109 Å². The lowest BCUT2D eigenvalue weighted by Gasteiger charge is -2.11. The van der Waals surface area contributed by atoms with Crippen LogP contribution >= 0.6 is 0 Å². The van der Waals surface area contributed by atoms with Gasteiger partial charge in [0, 0.05) is 18.0 Å². The topological polar surface area (TPSA) is 87.4 Å². The van der Waals surface area contributed by atoms with Crippen LogP contribution in [-0.2, 0) is 4.79 Å². The maximum Gasteiger partial charge on any atom is 0.573 e. The summed E-state index contributed by atoms with van der Waals surface area (Å²) in [5, 5.41) is 2.68. The van der Waals surface area contributed by atoms with E-state index in [1.807, 2.05) is 0 Å². The van der Waals surface area contributed by atoms with Crippen molar-refractivity contribution in [3.63, 3.8) is 0 Å². The quantitative estimate of drug-likeness (QED) is 0.260. The average molecular weight is 532 g/mol. The Kier molecular flexibility index (Phi) is 6.63. The van der Waals surface area contributed by atoms with Crippen LogP contribution in [0, 0.1) is 0 Å². The van der Waals surface area contributed by atoms with Crippen LogP contribution in [-0.4, -0.2) is 26.4 Å². The smallest absolute Gasteiger partial charge is 0.457 e. The Morgan fingerprint density at radius 2 is 1.59 bits per heavy atom. The minimum Gasteiger partial charge on any atom is -0.457 e. The standard InChI is InChI=1S/C28H19F3N4O4/c1-2-26(36)33-18-5-3-6-20(15-18)35-24-13-14-32-17-25(24)34(27(35)37)19-9-11-21(12-10-19)38-22-7-4-8-23(16-22)39-28(29,30)31/h2-17H,1H2,(H,33,36). The molecule has 11 heteroatoms. The number of anilines is 1. The van der Waals surface area contributed by atoms with Gasteiger partial charge in [-0.3, -0.25) is 18.9 Å². The zero-order chi connectivity index (χ0) is 27.6. The Bertz CT molecular complexity index is 1740. The molecular formula is C28H19F3N4O4. The molecule has 196 valence electrons. The molecule has 0 fully saturated rings. The molecule has 2 aromatic heterocycles. The molecule has 0 aliphatic heterocycles. The highest BCUT2D eigenvalue weighted by Crippen LogP contribution is 2.30. The van der Waals surface area contributed by atoms with Gasteiger partial charge in [0.2, 0.25) is 5.91 Å². The number of pyridine rings is 1. The number of benzene rings is 3. The van der Waals surface area contributed by atoms with Crippen molar-refractivity contribution < 1.29 is 27.4 Å². The summed E-state index contributed by atoms with van der Waals surface area (Å²) in [5.41, 5.74) is 2.27. The number of hydrogen-bond acceptors (Lipinski definition) is 5. The minimum absolute atomic E-state index is 0.144. The van der Waals surface area contributed by atoms with Crippen LogP contribution in [0.3, 0.4) is 0 Å². The number of hydrogen-bond donors (Lipinski definition) is 1. The van der Waals surface area contributed by atoms with Crippen LogP contribution in [0.5, 0.6) is 17.2 Å². The summed E-state index contributed by atoms with van der Waals surface area (Å²) in [7, 11) is 0. The molecule has 8 nitrogen and oxygen atoms in total. The zero-order valence-corrected chi connectivity index (χ0v) is 20.1. The molecule has 3 aromatic carbocycles. The van der Waals surface area contributed by atoms with Gasteiger partial charge in [-0.15, -0.1) is 13.2 Å². The number of carbonyl (C=O) groups excluding carboxylic acids is 1. The first-order valence-electron chi connectivity index (χ1n) is 11.5. The van der Waals surface area contributed by atoms with E-state index in [2.05, 4.69) is 21.6 Å². The van der Waals surface area contributed by atoms with Crippen molar-refractivity contribution >= 4 is 22.6 Å². The molecule has 2 heterocycles. The predicted molar refractivity (Wildman–Crippen MR) is 139 cm³/mol. The van der Waals surface area contributed by atoms with Crippen molar-refractivity contribution in [2.24, 2.45) is 0 Å². The second kappa shape index (κ2) is 10.2. The number of nitrogens with one attached hydrogen (secondary N) is 1. The first kappa shape index (κ1) is 25.3. The summed E-state index contributed by atoms with van der Waals surface area (Å²) in [5.74, 6) is -0.306. The highest BCUT2D eigenvalue weighted by molar-refractivity contribution is 5.99. The van der Waals surface area contributed by atoms with Gasteiger partial charge < -0.3 is 14.8 Å². The number of nitrogens with zero attached hydrogens (tertiary/aromatic N) is 3. The SMILES string of the molecule is C=CC(=O)Nc1cccc(-n2c(=O)n(-c3ccc(Oc4cccc(OC(F)(F)F)c4)cc3)c3cnccc32)c1. The van der Waals surface area contributed by atoms with Gasteiger partial charge in [0.05, 0.1) is 28.6 Å². The molecular weight excluding hydrogens is 513 g/mol. The highest BCUT2D eigenvalue weighted by atomic mass is 19.4. The number of fused-ring (bicyclic) bond motifs is 1. The third-order valence-corrected chi connectivity index (χ3v) is 5.57. The summed E-state index contributed by atoms with van der Waals surface area (Å²) < 4.78 is 50.2. The fraction of sp³-hybridized carbons (Fsp3) is 0.0357. The Hall–Kier alpha value is -5.32. The second-order valence-corrected chi connectivity index (χ2v) is 8.18. The molecule has 0 spiro atoms. The third kappa shape index (κ3) is 5.52. The van der Waals surface area contributed by atoms with Gasteiger partial charge in [-0.1, -0.05) is 18.7 Å². The molecule has 39 heavy (non-hydrogen) atoms. The number of alkyl halides is 3. The lowest BCUT2D eigenvalue weighted by atomic mass is 10.2. The number of amides is 1. The molecule has 0 saturated heterocycles. The lowest BCUT2D eigenvalue weighted by molar-refractivity contribution is -0.274. The van der Waals surface area contributed by atoms with E-state index in [1.54, 1.807) is 67.0 Å². The van der Waals surface area contributed by atoms with Gasteiger partial charge >= 0.3 is 12.1 Å². The summed E-state index contributed by atoms with van der Waals surface area (Å²) in [4.78, 5) is 29.6. The average Bonchev–Trinajstić information content (AvgIpc) is 3.20. The van der Waals surface area contributed by atoms with E-state index < -0.39 is 12.1 Å². The molecule has 1 amide bonds. The number of carbonyl (C=O) groups is 1. The molecule has 0 saturated carbocycles. The second-order valence-electron chi connectivity index (χ2n) is 8.18. The number of rotatable bonds is 7. The Balaban J connectivity index is 1.48. The van der Waals surface area contributed by atoms with E-state index >= 15 is 0 Å². The van der Waals surface area contributed by atoms with Crippen LogP contribution in [0.4, 0.5) is 18.9 Å². The van der Waals surface area contributed by atoms with E-state index in [4.69, 9.17) is 4.74 Å². The lowest BCUT2D eigenvalue weighted by Crippen LogP contribution is -2.22. The van der Waals surface area contributed by atoms with E-state index in [0.717, 1.165) is 12.1 Å². The van der Waals surface area contributed by atoms with Crippen molar-refractivity contribution in [1.82, 2.24) is 14.1 Å². The van der Waals surface area contributed by atoms with Crippen LogP contribution in [0.2, 0.25) is 0 Å². The van der Waals surface area contributed by atoms with E-state index in [9.17, 15) is 22.8 Å².